The number of nitrogens with zero attached hydrogens (tertiary/aromatic N) is 6. The molecule has 29 heavy (non-hydrogen) atoms. The molecule has 2 aliphatic rings. The van der Waals surface area contributed by atoms with Crippen LogP contribution in [0, 0.1) is 11.3 Å². The number of nitriles is 1. The van der Waals surface area contributed by atoms with Crippen molar-refractivity contribution in [1.29, 1.82) is 5.26 Å². The van der Waals surface area contributed by atoms with Gasteiger partial charge in [-0.15, -0.1) is 0 Å². The molecule has 1 N–H and O–H groups in total. The van der Waals surface area contributed by atoms with Crippen LogP contribution in [0.5, 0.6) is 0 Å². The first-order valence-electron chi connectivity index (χ1n) is 10.5. The average Bonchev–Trinajstić information content (AvgIpc) is 2.77. The minimum atomic E-state index is 0.0187. The lowest BCUT2D eigenvalue weighted by molar-refractivity contribution is 0.147. The minimum absolute atomic E-state index is 0.0187. The number of fused-ring (bicyclic) bond motifs is 1. The molecule has 0 saturated carbocycles. The lowest BCUT2D eigenvalue weighted by Gasteiger charge is -2.36. The van der Waals surface area contributed by atoms with Crippen molar-refractivity contribution in [3.63, 3.8) is 0 Å². The van der Waals surface area contributed by atoms with Crippen LogP contribution >= 0.6 is 0 Å². The van der Waals surface area contributed by atoms with Crippen molar-refractivity contribution in [2.45, 2.75) is 57.5 Å². The number of aromatic nitrogens is 4. The van der Waals surface area contributed by atoms with Crippen molar-refractivity contribution < 1.29 is 0 Å². The lowest BCUT2D eigenvalue weighted by atomic mass is 9.97. The van der Waals surface area contributed by atoms with Crippen molar-refractivity contribution in [2.24, 2.45) is 0 Å². The number of rotatable bonds is 6. The smallest absolute Gasteiger partial charge is 0.267 e. The number of aryl methyl sites for hydroxylation is 2. The number of piperidine rings is 1. The molecule has 1 fully saturated rings. The van der Waals surface area contributed by atoms with Gasteiger partial charge in [0.1, 0.15) is 11.9 Å². The zero-order valence-electron chi connectivity index (χ0n) is 16.7. The Morgan fingerprint density at radius 1 is 1.14 bits per heavy atom. The number of hydrogen-bond donors (Lipinski definition) is 1. The van der Waals surface area contributed by atoms with E-state index in [-0.39, 0.29) is 5.56 Å². The van der Waals surface area contributed by atoms with E-state index >= 15 is 0 Å². The second kappa shape index (κ2) is 9.14. The van der Waals surface area contributed by atoms with E-state index in [0.29, 0.717) is 24.1 Å². The highest BCUT2D eigenvalue weighted by Gasteiger charge is 2.22. The van der Waals surface area contributed by atoms with Crippen molar-refractivity contribution in [3.05, 3.63) is 45.8 Å². The summed E-state index contributed by atoms with van der Waals surface area (Å²) in [6.45, 7) is 3.24. The summed E-state index contributed by atoms with van der Waals surface area (Å²) in [6.07, 6.45) is 10.9. The van der Waals surface area contributed by atoms with E-state index in [9.17, 15) is 4.79 Å². The molecular formula is C21H27N7O. The molecular weight excluding hydrogens is 366 g/mol. The standard InChI is InChI=1S/C21H27N7O/c22-12-17-13-24-20(15-23-17)25-14-18-6-3-4-8-27(18)9-10-28-21(29)11-16-5-1-2-7-19(16)26-28/h11,13,15,18H,1-10,14H2,(H,24,25). The molecule has 3 heterocycles. The number of anilines is 1. The fourth-order valence-corrected chi connectivity index (χ4v) is 4.27. The van der Waals surface area contributed by atoms with Gasteiger partial charge in [0.2, 0.25) is 0 Å². The van der Waals surface area contributed by atoms with Gasteiger partial charge in [0.05, 0.1) is 24.6 Å². The molecule has 8 nitrogen and oxygen atoms in total. The van der Waals surface area contributed by atoms with Gasteiger partial charge >= 0.3 is 0 Å². The molecule has 4 rings (SSSR count). The van der Waals surface area contributed by atoms with Gasteiger partial charge in [-0.25, -0.2) is 14.6 Å². The third-order valence-electron chi connectivity index (χ3n) is 5.91. The Morgan fingerprint density at radius 2 is 2.03 bits per heavy atom. The third-order valence-corrected chi connectivity index (χ3v) is 5.91. The SMILES string of the molecule is N#Cc1cnc(NCC2CCCCN2CCn2nc3c(cc2=O)CCCC3)cn1. The van der Waals surface area contributed by atoms with Crippen LogP contribution in [0.2, 0.25) is 0 Å². The van der Waals surface area contributed by atoms with Gasteiger partial charge in [-0.05, 0) is 50.6 Å². The minimum Gasteiger partial charge on any atom is -0.367 e. The Balaban J connectivity index is 1.36. The maximum Gasteiger partial charge on any atom is 0.267 e. The summed E-state index contributed by atoms with van der Waals surface area (Å²) in [4.78, 5) is 23.2. The average molecular weight is 393 g/mol. The molecule has 2 aromatic heterocycles. The van der Waals surface area contributed by atoms with Crippen molar-refractivity contribution >= 4 is 5.82 Å². The van der Waals surface area contributed by atoms with E-state index in [4.69, 9.17) is 5.26 Å². The van der Waals surface area contributed by atoms with Crippen molar-refractivity contribution in [2.75, 3.05) is 25.0 Å². The van der Waals surface area contributed by atoms with E-state index in [1.54, 1.807) is 16.9 Å². The first kappa shape index (κ1) is 19.5. The summed E-state index contributed by atoms with van der Waals surface area (Å²) in [7, 11) is 0. The zero-order valence-corrected chi connectivity index (χ0v) is 16.7. The summed E-state index contributed by atoms with van der Waals surface area (Å²) in [5.41, 5.74) is 2.58. The van der Waals surface area contributed by atoms with Gasteiger partial charge in [0.15, 0.2) is 5.69 Å². The first-order chi connectivity index (χ1) is 14.2. The highest BCUT2D eigenvalue weighted by molar-refractivity contribution is 5.33. The van der Waals surface area contributed by atoms with Crippen molar-refractivity contribution in [3.8, 4) is 6.07 Å². The van der Waals surface area contributed by atoms with E-state index in [2.05, 4.69) is 25.3 Å². The molecule has 0 radical (unpaired) electrons. The fourth-order valence-electron chi connectivity index (χ4n) is 4.27. The zero-order chi connectivity index (χ0) is 20.1. The van der Waals surface area contributed by atoms with Gasteiger partial charge < -0.3 is 5.32 Å². The van der Waals surface area contributed by atoms with E-state index in [1.807, 2.05) is 6.07 Å². The molecule has 1 aliphatic carbocycles. The maximum absolute atomic E-state index is 12.4. The van der Waals surface area contributed by atoms with Crippen LogP contribution in [0.1, 0.15) is 49.1 Å². The summed E-state index contributed by atoms with van der Waals surface area (Å²) in [5.74, 6) is 0.682. The summed E-state index contributed by atoms with van der Waals surface area (Å²) < 4.78 is 1.65. The number of hydrogen-bond acceptors (Lipinski definition) is 7. The van der Waals surface area contributed by atoms with Gasteiger partial charge in [0, 0.05) is 25.2 Å². The Labute approximate surface area is 170 Å². The van der Waals surface area contributed by atoms with Crippen LogP contribution in [-0.4, -0.2) is 50.3 Å². The van der Waals surface area contributed by atoms with Crippen LogP contribution in [-0.2, 0) is 19.4 Å². The molecule has 0 spiro atoms. The van der Waals surface area contributed by atoms with Crippen LogP contribution in [0.15, 0.2) is 23.3 Å². The van der Waals surface area contributed by atoms with Crippen LogP contribution in [0.3, 0.4) is 0 Å². The molecule has 1 atom stereocenters. The first-order valence-corrected chi connectivity index (χ1v) is 10.5. The van der Waals surface area contributed by atoms with Gasteiger partial charge in [0.25, 0.3) is 5.56 Å². The summed E-state index contributed by atoms with van der Waals surface area (Å²) in [6, 6.07) is 4.15. The Bertz CT molecular complexity index is 932. The quantitative estimate of drug-likeness (QED) is 0.798. The van der Waals surface area contributed by atoms with Gasteiger partial charge in [-0.3, -0.25) is 9.69 Å². The van der Waals surface area contributed by atoms with Gasteiger partial charge in [-0.2, -0.15) is 10.4 Å². The maximum atomic E-state index is 12.4. The monoisotopic (exact) mass is 393 g/mol. The summed E-state index contributed by atoms with van der Waals surface area (Å²) in [5, 5.41) is 16.8. The largest absolute Gasteiger partial charge is 0.367 e. The van der Waals surface area contributed by atoms with E-state index < -0.39 is 0 Å². The second-order valence-electron chi connectivity index (χ2n) is 7.85. The topological polar surface area (TPSA) is 99.7 Å². The van der Waals surface area contributed by atoms with E-state index in [0.717, 1.165) is 63.0 Å². The van der Waals surface area contributed by atoms with Crippen LogP contribution in [0.4, 0.5) is 5.82 Å². The van der Waals surface area contributed by atoms with E-state index in [1.165, 1.54) is 19.0 Å². The molecule has 1 saturated heterocycles. The molecule has 0 amide bonds. The van der Waals surface area contributed by atoms with Crippen LogP contribution < -0.4 is 10.9 Å². The Hall–Kier alpha value is -2.79. The predicted molar refractivity (Wildman–Crippen MR) is 110 cm³/mol. The predicted octanol–water partition coefficient (Wildman–Crippen LogP) is 1.75. The normalized spacial score (nSPS) is 19.3. The molecule has 0 aromatic carbocycles. The lowest BCUT2D eigenvalue weighted by Crippen LogP contribution is -2.45. The highest BCUT2D eigenvalue weighted by Crippen LogP contribution is 2.19. The van der Waals surface area contributed by atoms with Gasteiger partial charge in [-0.1, -0.05) is 6.42 Å². The molecule has 8 heteroatoms. The molecule has 1 unspecified atom stereocenters. The molecule has 0 bridgehead atoms. The number of likely N-dealkylation sites (tertiary alicyclic amines) is 1. The number of nitrogens with one attached hydrogen (secondary N) is 1. The third kappa shape index (κ3) is 4.80. The molecule has 1 aliphatic heterocycles. The Morgan fingerprint density at radius 3 is 2.86 bits per heavy atom. The Kier molecular flexibility index (Phi) is 6.15. The molecule has 2 aromatic rings. The summed E-state index contributed by atoms with van der Waals surface area (Å²) >= 11 is 0. The molecule has 152 valence electrons. The van der Waals surface area contributed by atoms with Crippen LogP contribution in [0.25, 0.3) is 0 Å². The second-order valence-corrected chi connectivity index (χ2v) is 7.85. The fraction of sp³-hybridized carbons (Fsp3) is 0.571. The van der Waals surface area contributed by atoms with Crippen molar-refractivity contribution in [1.82, 2.24) is 24.6 Å². The highest BCUT2D eigenvalue weighted by atomic mass is 16.1.